The first-order valence-corrected chi connectivity index (χ1v) is 6.15. The molecule has 0 bridgehead atoms. The number of benzene rings is 1. The van der Waals surface area contributed by atoms with Crippen LogP contribution in [-0.2, 0) is 6.54 Å². The summed E-state index contributed by atoms with van der Waals surface area (Å²) >= 11 is 0. The molecule has 1 aromatic rings. The molecule has 0 aromatic heterocycles. The summed E-state index contributed by atoms with van der Waals surface area (Å²) in [6.07, 6.45) is 0.872. The van der Waals surface area contributed by atoms with E-state index in [0.29, 0.717) is 6.54 Å². The van der Waals surface area contributed by atoms with Gasteiger partial charge in [0.15, 0.2) is 11.5 Å². The van der Waals surface area contributed by atoms with Crippen LogP contribution in [0.25, 0.3) is 0 Å². The molecule has 1 atom stereocenters. The molecule has 4 nitrogen and oxygen atoms in total. The second kappa shape index (κ2) is 6.61. The van der Waals surface area contributed by atoms with Crippen LogP contribution < -0.4 is 14.8 Å². The lowest BCUT2D eigenvalue weighted by Crippen LogP contribution is -2.44. The lowest BCUT2D eigenvalue weighted by molar-refractivity contribution is 0.169. The van der Waals surface area contributed by atoms with Gasteiger partial charge in [-0.25, -0.2) is 0 Å². The highest BCUT2D eigenvalue weighted by atomic mass is 16.5. The molecule has 0 amide bonds. The van der Waals surface area contributed by atoms with E-state index in [1.165, 1.54) is 0 Å². The molecule has 0 aliphatic carbocycles. The van der Waals surface area contributed by atoms with Gasteiger partial charge in [0.25, 0.3) is 0 Å². The Morgan fingerprint density at radius 1 is 1.22 bits per heavy atom. The van der Waals surface area contributed by atoms with E-state index in [1.807, 2.05) is 25.1 Å². The zero-order valence-corrected chi connectivity index (χ0v) is 11.6. The monoisotopic (exact) mass is 253 g/mol. The minimum absolute atomic E-state index is 0.122. The van der Waals surface area contributed by atoms with Gasteiger partial charge in [-0.05, 0) is 31.0 Å². The lowest BCUT2D eigenvalue weighted by Gasteiger charge is -2.27. The van der Waals surface area contributed by atoms with E-state index in [1.54, 1.807) is 14.2 Å². The molecule has 0 spiro atoms. The third kappa shape index (κ3) is 3.62. The molecule has 0 aliphatic rings. The molecule has 102 valence electrons. The maximum Gasteiger partial charge on any atom is 0.161 e. The van der Waals surface area contributed by atoms with Crippen LogP contribution in [0.4, 0.5) is 0 Å². The van der Waals surface area contributed by atoms with Gasteiger partial charge < -0.3 is 19.9 Å². The Hall–Kier alpha value is -1.26. The van der Waals surface area contributed by atoms with Gasteiger partial charge in [-0.1, -0.05) is 13.0 Å². The summed E-state index contributed by atoms with van der Waals surface area (Å²) in [4.78, 5) is 0. The first kappa shape index (κ1) is 14.8. The molecular formula is C14H23NO3. The molecule has 18 heavy (non-hydrogen) atoms. The van der Waals surface area contributed by atoms with Crippen LogP contribution in [0.2, 0.25) is 0 Å². The smallest absolute Gasteiger partial charge is 0.161 e. The molecule has 4 heteroatoms. The predicted molar refractivity (Wildman–Crippen MR) is 72.2 cm³/mol. The lowest BCUT2D eigenvalue weighted by atomic mass is 10.00. The molecule has 0 fully saturated rings. The van der Waals surface area contributed by atoms with E-state index >= 15 is 0 Å². The van der Waals surface area contributed by atoms with Crippen molar-refractivity contribution < 1.29 is 14.6 Å². The Kier molecular flexibility index (Phi) is 5.44. The van der Waals surface area contributed by atoms with Crippen LogP contribution in [-0.4, -0.2) is 31.5 Å². The maximum atomic E-state index is 9.34. The molecule has 1 rings (SSSR count). The third-order valence-electron chi connectivity index (χ3n) is 3.30. The van der Waals surface area contributed by atoms with Crippen LogP contribution >= 0.6 is 0 Å². The molecule has 0 radical (unpaired) electrons. The van der Waals surface area contributed by atoms with E-state index in [2.05, 4.69) is 12.2 Å². The van der Waals surface area contributed by atoms with E-state index in [4.69, 9.17) is 9.47 Å². The van der Waals surface area contributed by atoms with Crippen molar-refractivity contribution in [1.29, 1.82) is 0 Å². The van der Waals surface area contributed by atoms with Gasteiger partial charge in [0.05, 0.1) is 20.8 Å². The van der Waals surface area contributed by atoms with Gasteiger partial charge in [0, 0.05) is 12.1 Å². The molecule has 2 N–H and O–H groups in total. The second-order valence-corrected chi connectivity index (χ2v) is 4.62. The van der Waals surface area contributed by atoms with Gasteiger partial charge >= 0.3 is 0 Å². The highest BCUT2D eigenvalue weighted by Crippen LogP contribution is 2.27. The van der Waals surface area contributed by atoms with Crippen molar-refractivity contribution in [1.82, 2.24) is 5.32 Å². The predicted octanol–water partition coefficient (Wildman–Crippen LogP) is 1.95. The van der Waals surface area contributed by atoms with Crippen LogP contribution in [0, 0.1) is 0 Å². The van der Waals surface area contributed by atoms with Crippen molar-refractivity contribution in [3.63, 3.8) is 0 Å². The maximum absolute atomic E-state index is 9.34. The Bertz CT molecular complexity index is 375. The van der Waals surface area contributed by atoms with Crippen molar-refractivity contribution >= 4 is 0 Å². The number of hydrogen-bond acceptors (Lipinski definition) is 4. The Morgan fingerprint density at radius 2 is 1.89 bits per heavy atom. The molecule has 0 aliphatic heterocycles. The van der Waals surface area contributed by atoms with Crippen molar-refractivity contribution in [3.8, 4) is 11.5 Å². The zero-order chi connectivity index (χ0) is 13.6. The summed E-state index contributed by atoms with van der Waals surface area (Å²) in [5.74, 6) is 1.45. The van der Waals surface area contributed by atoms with Gasteiger partial charge in [-0.3, -0.25) is 0 Å². The first-order chi connectivity index (χ1) is 8.58. The number of nitrogens with one attached hydrogen (secondary N) is 1. The Balaban J connectivity index is 2.74. The second-order valence-electron chi connectivity index (χ2n) is 4.62. The fourth-order valence-electron chi connectivity index (χ4n) is 1.60. The standard InChI is InChI=1S/C14H23NO3/c1-5-14(2,10-16)15-9-11-6-7-12(17-3)13(8-11)18-4/h6-8,15-16H,5,9-10H2,1-4H3. The minimum Gasteiger partial charge on any atom is -0.493 e. The van der Waals surface area contributed by atoms with Gasteiger partial charge in [0.2, 0.25) is 0 Å². The Morgan fingerprint density at radius 3 is 2.39 bits per heavy atom. The van der Waals surface area contributed by atoms with E-state index in [-0.39, 0.29) is 12.1 Å². The number of aliphatic hydroxyl groups excluding tert-OH is 1. The molecule has 1 aromatic carbocycles. The van der Waals surface area contributed by atoms with Crippen molar-refractivity contribution in [3.05, 3.63) is 23.8 Å². The summed E-state index contributed by atoms with van der Waals surface area (Å²) in [7, 11) is 3.24. The number of methoxy groups -OCH3 is 2. The molecule has 1 unspecified atom stereocenters. The fourth-order valence-corrected chi connectivity index (χ4v) is 1.60. The topological polar surface area (TPSA) is 50.7 Å². The summed E-state index contributed by atoms with van der Waals surface area (Å²) < 4.78 is 10.5. The average Bonchev–Trinajstić information content (AvgIpc) is 2.44. The summed E-state index contributed by atoms with van der Waals surface area (Å²) in [5.41, 5.74) is 0.855. The average molecular weight is 253 g/mol. The number of rotatable bonds is 7. The SMILES string of the molecule is CCC(C)(CO)NCc1ccc(OC)c(OC)c1. The first-order valence-electron chi connectivity index (χ1n) is 6.15. The van der Waals surface area contributed by atoms with E-state index < -0.39 is 0 Å². The van der Waals surface area contributed by atoms with Crippen molar-refractivity contribution in [2.45, 2.75) is 32.4 Å². The summed E-state index contributed by atoms with van der Waals surface area (Å²) in [6.45, 7) is 4.87. The molecule has 0 saturated heterocycles. The van der Waals surface area contributed by atoms with Crippen LogP contribution in [0.3, 0.4) is 0 Å². The number of hydrogen-bond donors (Lipinski definition) is 2. The third-order valence-corrected chi connectivity index (χ3v) is 3.30. The summed E-state index contributed by atoms with van der Waals surface area (Å²) in [5, 5.41) is 12.7. The van der Waals surface area contributed by atoms with Crippen molar-refractivity contribution in [2.75, 3.05) is 20.8 Å². The minimum atomic E-state index is -0.243. The highest BCUT2D eigenvalue weighted by molar-refractivity contribution is 5.42. The quantitative estimate of drug-likeness (QED) is 0.780. The molecule has 0 heterocycles. The van der Waals surface area contributed by atoms with E-state index in [9.17, 15) is 5.11 Å². The molecule has 0 saturated carbocycles. The van der Waals surface area contributed by atoms with Crippen LogP contribution in [0.5, 0.6) is 11.5 Å². The van der Waals surface area contributed by atoms with Gasteiger partial charge in [-0.2, -0.15) is 0 Å². The van der Waals surface area contributed by atoms with Gasteiger partial charge in [0.1, 0.15) is 0 Å². The van der Waals surface area contributed by atoms with Crippen LogP contribution in [0.1, 0.15) is 25.8 Å². The largest absolute Gasteiger partial charge is 0.493 e. The zero-order valence-electron chi connectivity index (χ0n) is 11.6. The van der Waals surface area contributed by atoms with Gasteiger partial charge in [-0.15, -0.1) is 0 Å². The van der Waals surface area contributed by atoms with Crippen LogP contribution in [0.15, 0.2) is 18.2 Å². The highest BCUT2D eigenvalue weighted by Gasteiger charge is 2.19. The Labute approximate surface area is 109 Å². The summed E-state index contributed by atoms with van der Waals surface area (Å²) in [6, 6.07) is 5.82. The number of ether oxygens (including phenoxy) is 2. The normalized spacial score (nSPS) is 14.1. The number of aliphatic hydroxyl groups is 1. The van der Waals surface area contributed by atoms with Crippen molar-refractivity contribution in [2.24, 2.45) is 0 Å². The van der Waals surface area contributed by atoms with E-state index in [0.717, 1.165) is 23.5 Å². The molecular weight excluding hydrogens is 230 g/mol. The fraction of sp³-hybridized carbons (Fsp3) is 0.571.